The summed E-state index contributed by atoms with van der Waals surface area (Å²) in [6.07, 6.45) is 3.01. The van der Waals surface area contributed by atoms with E-state index in [1.807, 2.05) is 47.3 Å². The molecule has 0 aliphatic carbocycles. The molecule has 1 fully saturated rings. The Hall–Kier alpha value is -3.12. The van der Waals surface area contributed by atoms with E-state index in [9.17, 15) is 9.59 Å². The highest BCUT2D eigenvalue weighted by Crippen LogP contribution is 2.26. The predicted octanol–water partition coefficient (Wildman–Crippen LogP) is 3.24. The molecule has 2 aromatic carbocycles. The van der Waals surface area contributed by atoms with Gasteiger partial charge in [0, 0.05) is 36.4 Å². The second kappa shape index (κ2) is 8.49. The summed E-state index contributed by atoms with van der Waals surface area (Å²) < 4.78 is 1.81. The Kier molecular flexibility index (Phi) is 5.62. The van der Waals surface area contributed by atoms with Crippen LogP contribution < -0.4 is 10.2 Å². The van der Waals surface area contributed by atoms with Crippen molar-refractivity contribution in [3.8, 4) is 5.69 Å². The number of anilines is 1. The van der Waals surface area contributed by atoms with Crippen LogP contribution in [0.4, 0.5) is 5.69 Å². The van der Waals surface area contributed by atoms with Crippen molar-refractivity contribution in [1.82, 2.24) is 15.1 Å². The number of benzene rings is 2. The summed E-state index contributed by atoms with van der Waals surface area (Å²) in [5.74, 6) is -1.04. The highest BCUT2D eigenvalue weighted by Gasteiger charge is 2.37. The summed E-state index contributed by atoms with van der Waals surface area (Å²) >= 11 is 5.90. The molecule has 1 aliphatic rings. The lowest BCUT2D eigenvalue weighted by Crippen LogP contribution is -2.37. The van der Waals surface area contributed by atoms with Crippen LogP contribution in [0.3, 0.4) is 0 Å². The van der Waals surface area contributed by atoms with Crippen LogP contribution in [0, 0.1) is 5.92 Å². The molecule has 0 spiro atoms. The van der Waals surface area contributed by atoms with E-state index in [0.29, 0.717) is 31.0 Å². The molecule has 1 N–H and O–H groups in total. The van der Waals surface area contributed by atoms with Crippen LogP contribution in [-0.4, -0.2) is 34.7 Å². The summed E-state index contributed by atoms with van der Waals surface area (Å²) in [6.45, 7) is 0.968. The number of para-hydroxylation sites is 1. The molecule has 2 amide bonds. The standard InChI is InChI=1S/C22H21ClN4O2/c23-16-6-8-18(9-7-16)26-14-12-20(22(26)29)21(28)24-13-10-17-11-15-27(25-17)19-4-2-1-3-5-19/h1-9,11,15,20H,10,12-14H2,(H,24,28). The molecule has 1 atom stereocenters. The lowest BCUT2D eigenvalue weighted by molar-refractivity contribution is -0.132. The topological polar surface area (TPSA) is 67.2 Å². The zero-order chi connectivity index (χ0) is 20.2. The van der Waals surface area contributed by atoms with E-state index in [-0.39, 0.29) is 11.8 Å². The number of hydrogen-bond acceptors (Lipinski definition) is 3. The SMILES string of the molecule is O=C(NCCc1ccn(-c2ccccc2)n1)C1CCN(c2ccc(Cl)cc2)C1=O. The molecule has 0 bridgehead atoms. The Morgan fingerprint density at radius 2 is 1.83 bits per heavy atom. The molecule has 148 valence electrons. The second-order valence-electron chi connectivity index (χ2n) is 6.94. The molecular formula is C22H21ClN4O2. The summed E-state index contributed by atoms with van der Waals surface area (Å²) in [5, 5.41) is 8.02. The summed E-state index contributed by atoms with van der Waals surface area (Å²) in [6, 6.07) is 18.9. The number of nitrogens with one attached hydrogen (secondary N) is 1. The van der Waals surface area contributed by atoms with E-state index in [0.717, 1.165) is 17.1 Å². The Balaban J connectivity index is 1.30. The van der Waals surface area contributed by atoms with Crippen molar-refractivity contribution >= 4 is 29.1 Å². The van der Waals surface area contributed by atoms with Gasteiger partial charge in [-0.1, -0.05) is 29.8 Å². The van der Waals surface area contributed by atoms with E-state index in [1.54, 1.807) is 29.2 Å². The number of hydrogen-bond donors (Lipinski definition) is 1. The maximum atomic E-state index is 12.6. The summed E-state index contributed by atoms with van der Waals surface area (Å²) in [7, 11) is 0. The lowest BCUT2D eigenvalue weighted by atomic mass is 10.1. The number of amides is 2. The monoisotopic (exact) mass is 408 g/mol. The van der Waals surface area contributed by atoms with E-state index >= 15 is 0 Å². The molecule has 1 unspecified atom stereocenters. The zero-order valence-corrected chi connectivity index (χ0v) is 16.5. The molecule has 0 radical (unpaired) electrons. The fourth-order valence-electron chi connectivity index (χ4n) is 3.46. The maximum absolute atomic E-state index is 12.6. The molecule has 29 heavy (non-hydrogen) atoms. The average Bonchev–Trinajstić information content (AvgIpc) is 3.36. The van der Waals surface area contributed by atoms with E-state index < -0.39 is 5.92 Å². The van der Waals surface area contributed by atoms with Crippen molar-refractivity contribution in [3.63, 3.8) is 0 Å². The fraction of sp³-hybridized carbons (Fsp3) is 0.227. The van der Waals surface area contributed by atoms with Gasteiger partial charge in [-0.25, -0.2) is 4.68 Å². The van der Waals surface area contributed by atoms with Crippen LogP contribution in [-0.2, 0) is 16.0 Å². The highest BCUT2D eigenvalue weighted by atomic mass is 35.5. The van der Waals surface area contributed by atoms with Crippen LogP contribution in [0.5, 0.6) is 0 Å². The first-order chi connectivity index (χ1) is 14.1. The van der Waals surface area contributed by atoms with Gasteiger partial charge in [0.2, 0.25) is 11.8 Å². The largest absolute Gasteiger partial charge is 0.355 e. The third kappa shape index (κ3) is 4.32. The van der Waals surface area contributed by atoms with Crippen molar-refractivity contribution in [2.75, 3.05) is 18.0 Å². The Morgan fingerprint density at radius 3 is 2.59 bits per heavy atom. The van der Waals surface area contributed by atoms with E-state index in [1.165, 1.54) is 0 Å². The first-order valence-corrected chi connectivity index (χ1v) is 9.94. The second-order valence-corrected chi connectivity index (χ2v) is 7.37. The predicted molar refractivity (Wildman–Crippen MR) is 112 cm³/mol. The molecule has 1 saturated heterocycles. The van der Waals surface area contributed by atoms with Gasteiger partial charge < -0.3 is 10.2 Å². The molecule has 6 nitrogen and oxygen atoms in total. The first-order valence-electron chi connectivity index (χ1n) is 9.56. The Bertz CT molecular complexity index is 1000. The van der Waals surface area contributed by atoms with Crippen LogP contribution in [0.25, 0.3) is 5.69 Å². The smallest absolute Gasteiger partial charge is 0.239 e. The quantitative estimate of drug-likeness (QED) is 0.637. The number of aromatic nitrogens is 2. The van der Waals surface area contributed by atoms with Crippen molar-refractivity contribution < 1.29 is 9.59 Å². The van der Waals surface area contributed by atoms with Gasteiger partial charge in [0.1, 0.15) is 5.92 Å². The molecule has 7 heteroatoms. The number of rotatable bonds is 6. The minimum atomic E-state index is -0.646. The van der Waals surface area contributed by atoms with Gasteiger partial charge in [-0.2, -0.15) is 5.10 Å². The van der Waals surface area contributed by atoms with Crippen molar-refractivity contribution in [2.24, 2.45) is 5.92 Å². The van der Waals surface area contributed by atoms with Gasteiger partial charge in [0.25, 0.3) is 0 Å². The van der Waals surface area contributed by atoms with E-state index in [4.69, 9.17) is 11.6 Å². The Morgan fingerprint density at radius 1 is 1.07 bits per heavy atom. The van der Waals surface area contributed by atoms with Crippen LogP contribution in [0.2, 0.25) is 5.02 Å². The zero-order valence-electron chi connectivity index (χ0n) is 15.8. The summed E-state index contributed by atoms with van der Waals surface area (Å²) in [4.78, 5) is 26.8. The third-order valence-electron chi connectivity index (χ3n) is 5.01. The van der Waals surface area contributed by atoms with Crippen LogP contribution in [0.1, 0.15) is 12.1 Å². The molecule has 1 aliphatic heterocycles. The van der Waals surface area contributed by atoms with Crippen LogP contribution in [0.15, 0.2) is 66.9 Å². The van der Waals surface area contributed by atoms with Gasteiger partial charge in [-0.3, -0.25) is 9.59 Å². The van der Waals surface area contributed by atoms with Gasteiger partial charge in [0.15, 0.2) is 0 Å². The van der Waals surface area contributed by atoms with Crippen molar-refractivity contribution in [3.05, 3.63) is 77.6 Å². The molecule has 4 rings (SSSR count). The first kappa shape index (κ1) is 19.2. The number of carbonyl (C=O) groups excluding carboxylic acids is 2. The van der Waals surface area contributed by atoms with Gasteiger partial charge in [0.05, 0.1) is 11.4 Å². The van der Waals surface area contributed by atoms with Gasteiger partial charge in [-0.15, -0.1) is 0 Å². The Labute approximate surface area is 174 Å². The third-order valence-corrected chi connectivity index (χ3v) is 5.26. The normalized spacial score (nSPS) is 16.2. The van der Waals surface area contributed by atoms with Crippen molar-refractivity contribution in [2.45, 2.75) is 12.8 Å². The van der Waals surface area contributed by atoms with E-state index in [2.05, 4.69) is 10.4 Å². The summed E-state index contributed by atoms with van der Waals surface area (Å²) in [5.41, 5.74) is 2.64. The highest BCUT2D eigenvalue weighted by molar-refractivity contribution is 6.30. The molecule has 2 heterocycles. The minimum Gasteiger partial charge on any atom is -0.355 e. The molecular weight excluding hydrogens is 388 g/mol. The fourth-order valence-corrected chi connectivity index (χ4v) is 3.58. The van der Waals surface area contributed by atoms with Gasteiger partial charge in [-0.05, 0) is 48.9 Å². The minimum absolute atomic E-state index is 0.168. The van der Waals surface area contributed by atoms with Crippen LogP contribution >= 0.6 is 11.6 Å². The van der Waals surface area contributed by atoms with Crippen molar-refractivity contribution in [1.29, 1.82) is 0 Å². The number of carbonyl (C=O) groups is 2. The maximum Gasteiger partial charge on any atom is 0.239 e. The molecule has 1 aromatic heterocycles. The number of halogens is 1. The average molecular weight is 409 g/mol. The molecule has 3 aromatic rings. The van der Waals surface area contributed by atoms with Gasteiger partial charge >= 0.3 is 0 Å². The molecule has 0 saturated carbocycles. The lowest BCUT2D eigenvalue weighted by Gasteiger charge is -2.16. The number of nitrogens with zero attached hydrogens (tertiary/aromatic N) is 3.